The molecule has 18 heavy (non-hydrogen) atoms. The number of nitrogens with zero attached hydrogens (tertiary/aromatic N) is 1. The molecule has 0 saturated heterocycles. The Bertz CT molecular complexity index is 595. The van der Waals surface area contributed by atoms with Gasteiger partial charge in [-0.25, -0.2) is 0 Å². The molecule has 2 heterocycles. The number of aromatic hydroxyl groups is 1. The maximum atomic E-state index is 9.85. The molecule has 1 aromatic carbocycles. The number of thiophene rings is 1. The highest BCUT2D eigenvalue weighted by Gasteiger charge is 2.23. The molecule has 1 aliphatic heterocycles. The molecule has 92 valence electrons. The normalized spacial score (nSPS) is 18.5. The van der Waals surface area contributed by atoms with Crippen LogP contribution in [0.15, 0.2) is 40.8 Å². The topological polar surface area (TPSA) is 44.6 Å². The van der Waals surface area contributed by atoms with E-state index in [0.29, 0.717) is 10.6 Å². The van der Waals surface area contributed by atoms with Crippen molar-refractivity contribution in [2.75, 3.05) is 0 Å². The van der Waals surface area contributed by atoms with E-state index < -0.39 is 0 Å². The number of benzene rings is 1. The van der Waals surface area contributed by atoms with Crippen molar-refractivity contribution in [1.82, 2.24) is 5.43 Å². The van der Waals surface area contributed by atoms with Crippen molar-refractivity contribution in [2.45, 2.75) is 12.5 Å². The summed E-state index contributed by atoms with van der Waals surface area (Å²) in [6.45, 7) is 0. The smallest absolute Gasteiger partial charge is 0.124 e. The molecule has 1 aromatic heterocycles. The van der Waals surface area contributed by atoms with Gasteiger partial charge in [0.2, 0.25) is 0 Å². The molecule has 0 aliphatic carbocycles. The molecule has 0 spiro atoms. The second kappa shape index (κ2) is 4.63. The number of nitrogens with one attached hydrogen (secondary N) is 1. The number of hydrogen-bond donors (Lipinski definition) is 2. The zero-order chi connectivity index (χ0) is 12.5. The fourth-order valence-corrected chi connectivity index (χ4v) is 2.95. The Morgan fingerprint density at radius 2 is 2.28 bits per heavy atom. The highest BCUT2D eigenvalue weighted by molar-refractivity contribution is 7.10. The SMILES string of the molecule is Oc1ccc(Cl)cc1C1=NN[C@H](c2cccs2)C1. The molecule has 0 unspecified atom stereocenters. The summed E-state index contributed by atoms with van der Waals surface area (Å²) < 4.78 is 0. The Kier molecular flexibility index (Phi) is 2.97. The van der Waals surface area contributed by atoms with Crippen LogP contribution in [0.1, 0.15) is 22.9 Å². The molecule has 5 heteroatoms. The number of phenolic OH excluding ortho intramolecular Hbond substituents is 1. The largest absolute Gasteiger partial charge is 0.507 e. The van der Waals surface area contributed by atoms with Gasteiger partial charge >= 0.3 is 0 Å². The molecule has 0 fully saturated rings. The van der Waals surface area contributed by atoms with Crippen molar-refractivity contribution in [2.24, 2.45) is 5.10 Å². The summed E-state index contributed by atoms with van der Waals surface area (Å²) in [7, 11) is 0. The summed E-state index contributed by atoms with van der Waals surface area (Å²) in [5.41, 5.74) is 4.64. The van der Waals surface area contributed by atoms with Crippen LogP contribution in [0.4, 0.5) is 0 Å². The first-order valence-corrected chi connectivity index (χ1v) is 6.84. The zero-order valence-corrected chi connectivity index (χ0v) is 11.0. The number of phenols is 1. The van der Waals surface area contributed by atoms with Gasteiger partial charge in [0.25, 0.3) is 0 Å². The van der Waals surface area contributed by atoms with E-state index in [1.807, 2.05) is 11.4 Å². The Balaban J connectivity index is 1.85. The first-order chi connectivity index (χ1) is 8.74. The number of hydrogen-bond acceptors (Lipinski definition) is 4. The predicted molar refractivity (Wildman–Crippen MR) is 74.5 cm³/mol. The quantitative estimate of drug-likeness (QED) is 0.882. The van der Waals surface area contributed by atoms with E-state index in [4.69, 9.17) is 11.6 Å². The van der Waals surface area contributed by atoms with E-state index in [-0.39, 0.29) is 11.8 Å². The highest BCUT2D eigenvalue weighted by Crippen LogP contribution is 2.31. The van der Waals surface area contributed by atoms with Crippen molar-refractivity contribution in [3.8, 4) is 5.75 Å². The van der Waals surface area contributed by atoms with Crippen molar-refractivity contribution < 1.29 is 5.11 Å². The van der Waals surface area contributed by atoms with Gasteiger partial charge in [0, 0.05) is 21.9 Å². The summed E-state index contributed by atoms with van der Waals surface area (Å²) in [6.07, 6.45) is 0.758. The van der Waals surface area contributed by atoms with Crippen LogP contribution in [0.5, 0.6) is 5.75 Å². The zero-order valence-electron chi connectivity index (χ0n) is 9.43. The number of rotatable bonds is 2. The van der Waals surface area contributed by atoms with Crippen LogP contribution in [0.3, 0.4) is 0 Å². The van der Waals surface area contributed by atoms with Gasteiger partial charge in [-0.1, -0.05) is 17.7 Å². The second-order valence-corrected chi connectivity index (χ2v) is 5.54. The standard InChI is InChI=1S/C13H11ClN2OS/c14-8-3-4-12(17)9(6-8)10-7-11(16-15-10)13-2-1-5-18-13/h1-6,11,16-17H,7H2/t11-/m0/s1. The summed E-state index contributed by atoms with van der Waals surface area (Å²) >= 11 is 7.65. The summed E-state index contributed by atoms with van der Waals surface area (Å²) in [5.74, 6) is 0.215. The second-order valence-electron chi connectivity index (χ2n) is 4.12. The van der Waals surface area contributed by atoms with Gasteiger partial charge in [0.05, 0.1) is 11.8 Å². The molecule has 2 N–H and O–H groups in total. The van der Waals surface area contributed by atoms with Crippen LogP contribution in [0.25, 0.3) is 0 Å². The Morgan fingerprint density at radius 3 is 3.06 bits per heavy atom. The van der Waals surface area contributed by atoms with E-state index in [2.05, 4.69) is 16.6 Å². The number of halogens is 1. The van der Waals surface area contributed by atoms with Gasteiger partial charge in [-0.15, -0.1) is 11.3 Å². The molecule has 3 nitrogen and oxygen atoms in total. The van der Waals surface area contributed by atoms with Crippen LogP contribution >= 0.6 is 22.9 Å². The monoisotopic (exact) mass is 278 g/mol. The van der Waals surface area contributed by atoms with Gasteiger partial charge in [-0.05, 0) is 29.6 Å². The van der Waals surface area contributed by atoms with E-state index >= 15 is 0 Å². The molecule has 1 aliphatic rings. The van der Waals surface area contributed by atoms with E-state index in [1.165, 1.54) is 4.88 Å². The average molecular weight is 279 g/mol. The van der Waals surface area contributed by atoms with Crippen molar-refractivity contribution in [3.63, 3.8) is 0 Å². The third-order valence-electron chi connectivity index (χ3n) is 2.91. The molecule has 0 saturated carbocycles. The molecule has 2 aromatic rings. The summed E-state index contributed by atoms with van der Waals surface area (Å²) in [4.78, 5) is 1.25. The van der Waals surface area contributed by atoms with E-state index in [1.54, 1.807) is 29.5 Å². The van der Waals surface area contributed by atoms with Crippen molar-refractivity contribution in [1.29, 1.82) is 0 Å². The van der Waals surface area contributed by atoms with Gasteiger partial charge in [-0.2, -0.15) is 5.10 Å². The lowest BCUT2D eigenvalue weighted by Gasteiger charge is -2.07. The van der Waals surface area contributed by atoms with Crippen molar-refractivity contribution >= 4 is 28.6 Å². The molecule has 1 atom stereocenters. The summed E-state index contributed by atoms with van der Waals surface area (Å²) in [6, 6.07) is 9.31. The lowest BCUT2D eigenvalue weighted by molar-refractivity contribution is 0.474. The molecular weight excluding hydrogens is 268 g/mol. The van der Waals surface area contributed by atoms with Crippen LogP contribution in [0, 0.1) is 0 Å². The third kappa shape index (κ3) is 2.09. The minimum Gasteiger partial charge on any atom is -0.507 e. The Hall–Kier alpha value is -1.52. The fraction of sp³-hybridized carbons (Fsp3) is 0.154. The maximum absolute atomic E-state index is 9.85. The summed E-state index contributed by atoms with van der Waals surface area (Å²) in [5, 5.41) is 16.8. The van der Waals surface area contributed by atoms with Crippen molar-refractivity contribution in [3.05, 3.63) is 51.2 Å². The Labute approximate surface area is 114 Å². The minimum absolute atomic E-state index is 0.193. The molecule has 0 bridgehead atoms. The lowest BCUT2D eigenvalue weighted by Crippen LogP contribution is -2.07. The van der Waals surface area contributed by atoms with Gasteiger partial charge < -0.3 is 10.5 Å². The van der Waals surface area contributed by atoms with Gasteiger partial charge in [0.15, 0.2) is 0 Å². The molecule has 0 radical (unpaired) electrons. The molecular formula is C13H11ClN2OS. The van der Waals surface area contributed by atoms with Gasteiger partial charge in [-0.3, -0.25) is 0 Å². The van der Waals surface area contributed by atoms with Crippen LogP contribution in [0.2, 0.25) is 5.02 Å². The fourth-order valence-electron chi connectivity index (χ4n) is 2.00. The van der Waals surface area contributed by atoms with Crippen LogP contribution in [-0.4, -0.2) is 10.8 Å². The Morgan fingerprint density at radius 1 is 1.39 bits per heavy atom. The van der Waals surface area contributed by atoms with Crippen LogP contribution in [-0.2, 0) is 0 Å². The number of hydrazone groups is 1. The van der Waals surface area contributed by atoms with E-state index in [9.17, 15) is 5.11 Å². The molecule has 3 rings (SSSR count). The predicted octanol–water partition coefficient (Wildman–Crippen LogP) is 3.55. The first kappa shape index (κ1) is 11.6. The minimum atomic E-state index is 0.193. The first-order valence-electron chi connectivity index (χ1n) is 5.58. The molecule has 0 amide bonds. The average Bonchev–Trinajstić information content (AvgIpc) is 3.00. The third-order valence-corrected chi connectivity index (χ3v) is 4.13. The van der Waals surface area contributed by atoms with Gasteiger partial charge in [0.1, 0.15) is 5.75 Å². The lowest BCUT2D eigenvalue weighted by atomic mass is 10.0. The van der Waals surface area contributed by atoms with Crippen LogP contribution < -0.4 is 5.43 Å². The highest BCUT2D eigenvalue weighted by atomic mass is 35.5. The maximum Gasteiger partial charge on any atom is 0.124 e. The van der Waals surface area contributed by atoms with E-state index in [0.717, 1.165) is 12.1 Å².